The Morgan fingerprint density at radius 2 is 0.873 bits per heavy atom. The Balaban J connectivity index is 1.08. The van der Waals surface area contributed by atoms with Crippen LogP contribution in [0.4, 0.5) is 0 Å². The number of thiophene rings is 1. The maximum Gasteiger partial charge on any atom is 0.161 e. The van der Waals surface area contributed by atoms with Crippen molar-refractivity contribution in [1.29, 1.82) is 0 Å². The topological polar surface area (TPSA) is 38.7 Å². The zero-order valence-corrected chi connectivity index (χ0v) is 30.5. The molecule has 0 spiro atoms. The Hall–Kier alpha value is -7.01. The van der Waals surface area contributed by atoms with Crippen molar-refractivity contribution in [3.63, 3.8) is 0 Å². The lowest BCUT2D eigenvalue weighted by molar-refractivity contribution is 1.18. The number of benzene rings is 8. The summed E-state index contributed by atoms with van der Waals surface area (Å²) >= 11 is 1.85. The van der Waals surface area contributed by atoms with Crippen LogP contribution in [0.1, 0.15) is 0 Å². The number of pyridine rings is 1. The van der Waals surface area contributed by atoms with Gasteiger partial charge < -0.3 is 0 Å². The molecule has 0 bridgehead atoms. The van der Waals surface area contributed by atoms with Crippen molar-refractivity contribution in [2.24, 2.45) is 0 Å². The van der Waals surface area contributed by atoms with Crippen LogP contribution in [0.2, 0.25) is 0 Å². The lowest BCUT2D eigenvalue weighted by Crippen LogP contribution is -1.98. The van der Waals surface area contributed by atoms with Crippen molar-refractivity contribution in [3.8, 4) is 56.2 Å². The molecule has 4 heteroatoms. The van der Waals surface area contributed by atoms with Crippen LogP contribution in [0.25, 0.3) is 109 Å². The molecule has 0 atom stereocenters. The average Bonchev–Trinajstić information content (AvgIpc) is 3.64. The standard InChI is InChI=1S/C51H31N3S/c1-6-17-44(37(11-1)36-10-9-27-52-31-36)51-53-47(33-21-19-32(20-22-33)34-24-26-50-46(28-34)43-16-7-8-18-49(43)55-50)30-48(54-51)35-23-25-42-40-14-3-2-12-38(40)39-13-4-5-15-41(39)45(42)29-35/h1-31H. The number of aromatic nitrogens is 3. The second-order valence-corrected chi connectivity index (χ2v) is 15.1. The molecular formula is C51H31N3S. The van der Waals surface area contributed by atoms with E-state index in [1.54, 1.807) is 6.20 Å². The van der Waals surface area contributed by atoms with Crippen molar-refractivity contribution in [3.05, 3.63) is 188 Å². The highest BCUT2D eigenvalue weighted by molar-refractivity contribution is 7.25. The number of fused-ring (bicyclic) bond motifs is 9. The number of nitrogens with zero attached hydrogens (tertiary/aromatic N) is 3. The summed E-state index contributed by atoms with van der Waals surface area (Å²) in [7, 11) is 0. The fourth-order valence-corrected chi connectivity index (χ4v) is 9.21. The molecule has 0 saturated heterocycles. The SMILES string of the molecule is c1cncc(-c2ccccc2-c2nc(-c3ccc(-c4ccc5sc6ccccc6c5c4)cc3)cc(-c3ccc4c5ccccc5c5ccccc5c4c3)n2)c1. The first kappa shape index (κ1) is 31.5. The summed E-state index contributed by atoms with van der Waals surface area (Å²) < 4.78 is 2.63. The summed E-state index contributed by atoms with van der Waals surface area (Å²) in [5, 5.41) is 10.1. The van der Waals surface area contributed by atoms with Crippen molar-refractivity contribution in [2.75, 3.05) is 0 Å². The van der Waals surface area contributed by atoms with E-state index in [1.165, 1.54) is 63.6 Å². The van der Waals surface area contributed by atoms with Gasteiger partial charge in [0.05, 0.1) is 11.4 Å². The van der Waals surface area contributed by atoms with Crippen LogP contribution in [0.3, 0.4) is 0 Å². The molecule has 0 radical (unpaired) electrons. The molecule has 0 saturated carbocycles. The van der Waals surface area contributed by atoms with Crippen molar-refractivity contribution >= 4 is 63.8 Å². The Bertz CT molecular complexity index is 3220. The van der Waals surface area contributed by atoms with Gasteiger partial charge in [-0.05, 0) is 85.4 Å². The fourth-order valence-electron chi connectivity index (χ4n) is 8.12. The van der Waals surface area contributed by atoms with Crippen LogP contribution in [0, 0.1) is 0 Å². The third-order valence-electron chi connectivity index (χ3n) is 10.8. The maximum absolute atomic E-state index is 5.32. The molecule has 3 nitrogen and oxygen atoms in total. The van der Waals surface area contributed by atoms with E-state index >= 15 is 0 Å². The summed E-state index contributed by atoms with van der Waals surface area (Å²) in [6.07, 6.45) is 3.70. The molecule has 3 aromatic heterocycles. The predicted molar refractivity (Wildman–Crippen MR) is 232 cm³/mol. The molecule has 11 aromatic rings. The van der Waals surface area contributed by atoms with Gasteiger partial charge in [-0.1, -0.05) is 140 Å². The second kappa shape index (κ2) is 12.8. The molecule has 3 heterocycles. The van der Waals surface area contributed by atoms with Gasteiger partial charge in [0, 0.05) is 54.8 Å². The molecule has 55 heavy (non-hydrogen) atoms. The molecule has 0 amide bonds. The van der Waals surface area contributed by atoms with Gasteiger partial charge >= 0.3 is 0 Å². The second-order valence-electron chi connectivity index (χ2n) is 14.0. The first-order valence-corrected chi connectivity index (χ1v) is 19.3. The van der Waals surface area contributed by atoms with E-state index in [4.69, 9.17) is 9.97 Å². The molecule has 0 unspecified atom stereocenters. The molecule has 0 aliphatic carbocycles. The Kier molecular flexibility index (Phi) is 7.35. The highest BCUT2D eigenvalue weighted by Crippen LogP contribution is 2.40. The van der Waals surface area contributed by atoms with Gasteiger partial charge in [-0.15, -0.1) is 11.3 Å². The lowest BCUT2D eigenvalue weighted by atomic mass is 9.92. The van der Waals surface area contributed by atoms with Crippen molar-refractivity contribution in [2.45, 2.75) is 0 Å². The molecule has 0 N–H and O–H groups in total. The predicted octanol–water partition coefficient (Wildman–Crippen LogP) is 14.0. The van der Waals surface area contributed by atoms with Crippen LogP contribution < -0.4 is 0 Å². The Morgan fingerprint density at radius 1 is 0.327 bits per heavy atom. The Morgan fingerprint density at radius 3 is 1.60 bits per heavy atom. The molecule has 8 aromatic carbocycles. The number of rotatable bonds is 5. The van der Waals surface area contributed by atoms with E-state index in [-0.39, 0.29) is 0 Å². The van der Waals surface area contributed by atoms with Gasteiger partial charge in [0.2, 0.25) is 0 Å². The molecule has 0 aliphatic heterocycles. The van der Waals surface area contributed by atoms with Crippen LogP contribution in [0.15, 0.2) is 188 Å². The number of hydrogen-bond acceptors (Lipinski definition) is 4. The van der Waals surface area contributed by atoms with Gasteiger partial charge in [-0.2, -0.15) is 0 Å². The highest BCUT2D eigenvalue weighted by atomic mass is 32.1. The van der Waals surface area contributed by atoms with E-state index in [0.29, 0.717) is 5.82 Å². The summed E-state index contributed by atoms with van der Waals surface area (Å²) in [6.45, 7) is 0. The first-order chi connectivity index (χ1) is 27.2. The minimum Gasteiger partial charge on any atom is -0.264 e. The normalized spacial score (nSPS) is 11.6. The largest absolute Gasteiger partial charge is 0.264 e. The van der Waals surface area contributed by atoms with Crippen molar-refractivity contribution in [1.82, 2.24) is 15.0 Å². The van der Waals surface area contributed by atoms with Gasteiger partial charge in [0.1, 0.15) is 0 Å². The van der Waals surface area contributed by atoms with Crippen LogP contribution >= 0.6 is 11.3 Å². The molecule has 256 valence electrons. The molecule has 0 fully saturated rings. The third-order valence-corrected chi connectivity index (χ3v) is 11.9. The van der Waals surface area contributed by atoms with E-state index in [9.17, 15) is 0 Å². The summed E-state index contributed by atoms with van der Waals surface area (Å²) in [5.74, 6) is 0.675. The minimum absolute atomic E-state index is 0.675. The zero-order valence-electron chi connectivity index (χ0n) is 29.6. The quantitative estimate of drug-likeness (QED) is 0.166. The highest BCUT2D eigenvalue weighted by Gasteiger charge is 2.17. The third kappa shape index (κ3) is 5.38. The molecule has 11 rings (SSSR count). The van der Waals surface area contributed by atoms with Gasteiger partial charge in [-0.25, -0.2) is 9.97 Å². The Labute approximate surface area is 321 Å². The van der Waals surface area contributed by atoms with E-state index in [0.717, 1.165) is 39.2 Å². The fraction of sp³-hybridized carbons (Fsp3) is 0. The van der Waals surface area contributed by atoms with Gasteiger partial charge in [-0.3, -0.25) is 4.98 Å². The summed E-state index contributed by atoms with van der Waals surface area (Å²) in [5.41, 5.74) is 9.23. The van der Waals surface area contributed by atoms with Crippen LogP contribution in [-0.4, -0.2) is 15.0 Å². The first-order valence-electron chi connectivity index (χ1n) is 18.5. The average molecular weight is 718 g/mol. The summed E-state index contributed by atoms with van der Waals surface area (Å²) in [4.78, 5) is 15.0. The number of hydrogen-bond donors (Lipinski definition) is 0. The molecular weight excluding hydrogens is 687 g/mol. The van der Waals surface area contributed by atoms with E-state index in [1.807, 2.05) is 23.6 Å². The summed E-state index contributed by atoms with van der Waals surface area (Å²) in [6, 6.07) is 63.0. The van der Waals surface area contributed by atoms with E-state index < -0.39 is 0 Å². The van der Waals surface area contributed by atoms with Gasteiger partial charge in [0.15, 0.2) is 5.82 Å². The zero-order chi connectivity index (χ0) is 36.3. The van der Waals surface area contributed by atoms with E-state index in [2.05, 4.69) is 175 Å². The molecule has 0 aliphatic rings. The minimum atomic E-state index is 0.675. The van der Waals surface area contributed by atoms with Gasteiger partial charge in [0.25, 0.3) is 0 Å². The van der Waals surface area contributed by atoms with Crippen LogP contribution in [0.5, 0.6) is 0 Å². The monoisotopic (exact) mass is 717 g/mol. The smallest absolute Gasteiger partial charge is 0.161 e. The van der Waals surface area contributed by atoms with Crippen molar-refractivity contribution < 1.29 is 0 Å². The maximum atomic E-state index is 5.32. The van der Waals surface area contributed by atoms with Crippen LogP contribution in [-0.2, 0) is 0 Å². The lowest BCUT2D eigenvalue weighted by Gasteiger charge is -2.14.